The van der Waals surface area contributed by atoms with Gasteiger partial charge in [0.1, 0.15) is 11.6 Å². The number of carbonyl (C=O) groups is 1. The lowest BCUT2D eigenvalue weighted by molar-refractivity contribution is -0.123. The van der Waals surface area contributed by atoms with Gasteiger partial charge in [-0.15, -0.1) is 5.10 Å². The lowest BCUT2D eigenvalue weighted by Gasteiger charge is -2.33. The molecule has 1 aliphatic rings. The van der Waals surface area contributed by atoms with E-state index in [2.05, 4.69) is 20.4 Å². The van der Waals surface area contributed by atoms with E-state index in [0.29, 0.717) is 12.3 Å². The zero-order valence-corrected chi connectivity index (χ0v) is 13.2. The van der Waals surface area contributed by atoms with E-state index >= 15 is 0 Å². The second-order valence-corrected chi connectivity index (χ2v) is 5.68. The highest BCUT2D eigenvalue weighted by molar-refractivity contribution is 5.78. The van der Waals surface area contributed by atoms with Crippen molar-refractivity contribution >= 4 is 11.7 Å². The van der Waals surface area contributed by atoms with Crippen molar-refractivity contribution in [1.29, 1.82) is 0 Å². The maximum absolute atomic E-state index is 12.8. The highest BCUT2D eigenvalue weighted by Gasteiger charge is 2.22. The molecular formula is C17H19FN4O2. The predicted molar refractivity (Wildman–Crippen MR) is 87.3 cm³/mol. The van der Waals surface area contributed by atoms with Crippen molar-refractivity contribution in [3.8, 4) is 5.75 Å². The quantitative estimate of drug-likeness (QED) is 0.905. The summed E-state index contributed by atoms with van der Waals surface area (Å²) in [6, 6.07) is 9.40. The number of aromatic nitrogens is 2. The van der Waals surface area contributed by atoms with E-state index in [4.69, 9.17) is 4.74 Å². The number of halogens is 1. The van der Waals surface area contributed by atoms with Gasteiger partial charge in [0.2, 0.25) is 0 Å². The summed E-state index contributed by atoms with van der Waals surface area (Å²) in [6.07, 6.45) is 3.53. The number of benzene rings is 1. The molecule has 1 aliphatic heterocycles. The Morgan fingerprint density at radius 2 is 2.17 bits per heavy atom. The molecule has 1 N–H and O–H groups in total. The second kappa shape index (κ2) is 7.72. The van der Waals surface area contributed by atoms with Crippen LogP contribution in [0.15, 0.2) is 42.6 Å². The standard InChI is InChI=1S/C17H19FN4O2/c18-13-5-7-15(8-6-13)24-12-17(23)20-14-3-2-10-22(11-14)16-4-1-9-19-21-16/h1,4-9,14H,2-3,10-12H2,(H,20,23)/t14-/m1/s1. The summed E-state index contributed by atoms with van der Waals surface area (Å²) < 4.78 is 18.2. The van der Waals surface area contributed by atoms with Gasteiger partial charge in [-0.1, -0.05) is 0 Å². The van der Waals surface area contributed by atoms with E-state index in [9.17, 15) is 9.18 Å². The summed E-state index contributed by atoms with van der Waals surface area (Å²) in [5.74, 6) is 0.763. The fourth-order valence-electron chi connectivity index (χ4n) is 2.71. The number of hydrogen-bond acceptors (Lipinski definition) is 5. The minimum Gasteiger partial charge on any atom is -0.484 e. The first kappa shape index (κ1) is 16.2. The molecule has 0 radical (unpaired) electrons. The molecule has 0 bridgehead atoms. The molecule has 7 heteroatoms. The molecule has 1 amide bonds. The Morgan fingerprint density at radius 3 is 2.92 bits per heavy atom. The predicted octanol–water partition coefficient (Wildman–Crippen LogP) is 1.78. The molecule has 0 saturated carbocycles. The van der Waals surface area contributed by atoms with Gasteiger partial charge in [0.05, 0.1) is 0 Å². The van der Waals surface area contributed by atoms with Crippen molar-refractivity contribution in [1.82, 2.24) is 15.5 Å². The molecule has 0 aliphatic carbocycles. The Labute approximate surface area is 139 Å². The maximum Gasteiger partial charge on any atom is 0.258 e. The van der Waals surface area contributed by atoms with Crippen LogP contribution in [0.2, 0.25) is 0 Å². The van der Waals surface area contributed by atoms with Gasteiger partial charge in [-0.25, -0.2) is 4.39 Å². The van der Waals surface area contributed by atoms with Crippen LogP contribution in [0, 0.1) is 5.82 Å². The number of ether oxygens (including phenoxy) is 1. The summed E-state index contributed by atoms with van der Waals surface area (Å²) >= 11 is 0. The fraction of sp³-hybridized carbons (Fsp3) is 0.353. The number of carbonyl (C=O) groups excluding carboxylic acids is 1. The van der Waals surface area contributed by atoms with Crippen LogP contribution in [-0.2, 0) is 4.79 Å². The van der Waals surface area contributed by atoms with Crippen molar-refractivity contribution in [3.05, 3.63) is 48.4 Å². The third kappa shape index (κ3) is 4.41. The molecule has 3 rings (SSSR count). The first-order valence-electron chi connectivity index (χ1n) is 7.91. The Hall–Kier alpha value is -2.70. The van der Waals surface area contributed by atoms with E-state index in [1.54, 1.807) is 6.20 Å². The van der Waals surface area contributed by atoms with Crippen molar-refractivity contribution in [2.24, 2.45) is 0 Å². The van der Waals surface area contributed by atoms with Crippen molar-refractivity contribution in [2.75, 3.05) is 24.6 Å². The van der Waals surface area contributed by atoms with E-state index in [1.165, 1.54) is 24.3 Å². The average Bonchev–Trinajstić information content (AvgIpc) is 2.62. The normalized spacial score (nSPS) is 17.4. The fourth-order valence-corrected chi connectivity index (χ4v) is 2.71. The lowest BCUT2D eigenvalue weighted by Crippen LogP contribution is -2.49. The molecule has 1 saturated heterocycles. The molecule has 2 heterocycles. The number of rotatable bonds is 5. The lowest BCUT2D eigenvalue weighted by atomic mass is 10.1. The Kier molecular flexibility index (Phi) is 5.20. The molecule has 1 atom stereocenters. The summed E-state index contributed by atoms with van der Waals surface area (Å²) in [7, 11) is 0. The number of nitrogens with one attached hydrogen (secondary N) is 1. The first-order valence-corrected chi connectivity index (χ1v) is 7.91. The van der Waals surface area contributed by atoms with Gasteiger partial charge in [-0.3, -0.25) is 4.79 Å². The summed E-state index contributed by atoms with van der Waals surface area (Å²) in [4.78, 5) is 14.2. The van der Waals surface area contributed by atoms with Gasteiger partial charge in [0, 0.05) is 25.3 Å². The van der Waals surface area contributed by atoms with Crippen LogP contribution in [0.1, 0.15) is 12.8 Å². The molecular weight excluding hydrogens is 311 g/mol. The van der Waals surface area contributed by atoms with Crippen molar-refractivity contribution < 1.29 is 13.9 Å². The monoisotopic (exact) mass is 330 g/mol. The number of piperidine rings is 1. The highest BCUT2D eigenvalue weighted by Crippen LogP contribution is 2.16. The van der Waals surface area contributed by atoms with Gasteiger partial charge in [-0.2, -0.15) is 5.10 Å². The largest absolute Gasteiger partial charge is 0.484 e. The summed E-state index contributed by atoms with van der Waals surface area (Å²) in [5.41, 5.74) is 0. The van der Waals surface area contributed by atoms with Crippen molar-refractivity contribution in [3.63, 3.8) is 0 Å². The highest BCUT2D eigenvalue weighted by atomic mass is 19.1. The van der Waals surface area contributed by atoms with Gasteiger partial charge in [-0.05, 0) is 49.2 Å². The molecule has 2 aromatic rings. The topological polar surface area (TPSA) is 67.3 Å². The number of hydrogen-bond donors (Lipinski definition) is 1. The van der Waals surface area contributed by atoms with Crippen LogP contribution in [-0.4, -0.2) is 41.8 Å². The van der Waals surface area contributed by atoms with Crippen LogP contribution >= 0.6 is 0 Å². The summed E-state index contributed by atoms with van der Waals surface area (Å²) in [6.45, 7) is 1.51. The zero-order valence-electron chi connectivity index (χ0n) is 13.2. The first-order chi connectivity index (χ1) is 11.7. The minimum absolute atomic E-state index is 0.0464. The SMILES string of the molecule is O=C(COc1ccc(F)cc1)N[C@@H]1CCCN(c2cccnn2)C1. The smallest absolute Gasteiger partial charge is 0.258 e. The van der Waals surface area contributed by atoms with Crippen molar-refractivity contribution in [2.45, 2.75) is 18.9 Å². The second-order valence-electron chi connectivity index (χ2n) is 5.68. The van der Waals surface area contributed by atoms with E-state index in [1.807, 2.05) is 12.1 Å². The van der Waals surface area contributed by atoms with Gasteiger partial charge in [0.15, 0.2) is 12.4 Å². The molecule has 0 spiro atoms. The molecule has 6 nitrogen and oxygen atoms in total. The van der Waals surface area contributed by atoms with Crippen LogP contribution in [0.5, 0.6) is 5.75 Å². The molecule has 1 aromatic heterocycles. The molecule has 1 aromatic carbocycles. The Bertz CT molecular complexity index is 666. The minimum atomic E-state index is -0.335. The maximum atomic E-state index is 12.8. The average molecular weight is 330 g/mol. The Morgan fingerprint density at radius 1 is 1.33 bits per heavy atom. The van der Waals surface area contributed by atoms with E-state index in [-0.39, 0.29) is 24.4 Å². The molecule has 126 valence electrons. The van der Waals surface area contributed by atoms with Crippen LogP contribution < -0.4 is 15.0 Å². The number of nitrogens with zero attached hydrogens (tertiary/aromatic N) is 3. The van der Waals surface area contributed by atoms with E-state index < -0.39 is 0 Å². The van der Waals surface area contributed by atoms with Gasteiger partial charge < -0.3 is 15.0 Å². The third-order valence-corrected chi connectivity index (χ3v) is 3.85. The molecule has 24 heavy (non-hydrogen) atoms. The van der Waals surface area contributed by atoms with Gasteiger partial charge >= 0.3 is 0 Å². The molecule has 1 fully saturated rings. The van der Waals surface area contributed by atoms with Gasteiger partial charge in [0.25, 0.3) is 5.91 Å². The number of anilines is 1. The van der Waals surface area contributed by atoms with Crippen LogP contribution in [0.3, 0.4) is 0 Å². The van der Waals surface area contributed by atoms with Crippen LogP contribution in [0.4, 0.5) is 10.2 Å². The third-order valence-electron chi connectivity index (χ3n) is 3.85. The zero-order chi connectivity index (χ0) is 16.8. The molecule has 0 unspecified atom stereocenters. The van der Waals surface area contributed by atoms with E-state index in [0.717, 1.165) is 25.2 Å². The summed E-state index contributed by atoms with van der Waals surface area (Å²) in [5, 5.41) is 11.0. The Balaban J connectivity index is 1.48. The van der Waals surface area contributed by atoms with Crippen LogP contribution in [0.25, 0.3) is 0 Å². The number of amides is 1.